The highest BCUT2D eigenvalue weighted by atomic mass is 19.4. The summed E-state index contributed by atoms with van der Waals surface area (Å²) in [5, 5.41) is 3.30. The van der Waals surface area contributed by atoms with E-state index in [4.69, 9.17) is 4.74 Å². The summed E-state index contributed by atoms with van der Waals surface area (Å²) in [6.07, 6.45) is -2.52. The van der Waals surface area contributed by atoms with Gasteiger partial charge in [-0.2, -0.15) is 13.2 Å². The number of hydrogen-bond acceptors (Lipinski definition) is 6. The van der Waals surface area contributed by atoms with Crippen LogP contribution in [0.25, 0.3) is 0 Å². The van der Waals surface area contributed by atoms with E-state index in [0.717, 1.165) is 49.5 Å². The summed E-state index contributed by atoms with van der Waals surface area (Å²) in [5.41, 5.74) is 1.52. The molecule has 11 heteroatoms. The molecule has 0 aromatic heterocycles. The Kier molecular flexibility index (Phi) is 10.9. The smallest absolute Gasteiger partial charge is 0.416 e. The van der Waals surface area contributed by atoms with E-state index in [9.17, 15) is 22.8 Å². The molecule has 248 valence electrons. The topological polar surface area (TPSA) is 68.4 Å². The molecule has 0 bridgehead atoms. The van der Waals surface area contributed by atoms with Crippen LogP contribution in [0.2, 0.25) is 0 Å². The van der Waals surface area contributed by atoms with Crippen molar-refractivity contribution in [2.75, 3.05) is 56.5 Å². The van der Waals surface area contributed by atoms with E-state index in [1.807, 2.05) is 33.0 Å². The number of ether oxygens (including phenoxy) is 1. The molecule has 2 aliphatic rings. The largest absolute Gasteiger partial charge is 0.444 e. The van der Waals surface area contributed by atoms with Crippen LogP contribution in [0.1, 0.15) is 64.2 Å². The average Bonchev–Trinajstić information content (AvgIpc) is 3.78. The Labute approximate surface area is 265 Å². The Bertz CT molecular complexity index is 1320. The number of amides is 2. The van der Waals surface area contributed by atoms with Crippen molar-refractivity contribution in [1.82, 2.24) is 14.7 Å². The summed E-state index contributed by atoms with van der Waals surface area (Å²) in [4.78, 5) is 34.3. The van der Waals surface area contributed by atoms with Gasteiger partial charge in [0.25, 0.3) is 0 Å². The molecule has 2 aromatic carbocycles. The number of nitrogens with one attached hydrogen (secondary N) is 1. The van der Waals surface area contributed by atoms with E-state index >= 15 is 0 Å². The summed E-state index contributed by atoms with van der Waals surface area (Å²) in [6.45, 7) is 12.5. The summed E-state index contributed by atoms with van der Waals surface area (Å²) in [5.74, 6) is 0.412. The van der Waals surface area contributed by atoms with Crippen molar-refractivity contribution in [3.8, 4) is 0 Å². The third-order valence-corrected chi connectivity index (χ3v) is 8.19. The summed E-state index contributed by atoms with van der Waals surface area (Å²) in [7, 11) is 2.05. The minimum atomic E-state index is -4.57. The van der Waals surface area contributed by atoms with Crippen molar-refractivity contribution in [2.45, 2.75) is 78.4 Å². The lowest BCUT2D eigenvalue weighted by Crippen LogP contribution is -2.46. The van der Waals surface area contributed by atoms with Crippen LogP contribution >= 0.6 is 0 Å². The van der Waals surface area contributed by atoms with Gasteiger partial charge in [-0.3, -0.25) is 9.69 Å². The third-order valence-electron chi connectivity index (χ3n) is 8.19. The van der Waals surface area contributed by atoms with Crippen LogP contribution in [-0.2, 0) is 28.8 Å². The lowest BCUT2D eigenvalue weighted by atomic mass is 10.1. The molecular weight excluding hydrogens is 583 g/mol. The second kappa shape index (κ2) is 14.3. The molecule has 1 aliphatic carbocycles. The van der Waals surface area contributed by atoms with E-state index in [1.54, 1.807) is 20.8 Å². The number of rotatable bonds is 11. The van der Waals surface area contributed by atoms with Gasteiger partial charge in [0, 0.05) is 58.9 Å². The molecule has 8 nitrogen and oxygen atoms in total. The highest BCUT2D eigenvalue weighted by Crippen LogP contribution is 2.35. The maximum absolute atomic E-state index is 13.9. The van der Waals surface area contributed by atoms with Crippen LogP contribution in [-0.4, -0.2) is 84.7 Å². The Morgan fingerprint density at radius 3 is 2.38 bits per heavy atom. The summed E-state index contributed by atoms with van der Waals surface area (Å²) in [6, 6.07) is 11.1. The maximum Gasteiger partial charge on any atom is 0.416 e. The fourth-order valence-corrected chi connectivity index (χ4v) is 5.68. The molecular formula is C34H48F3N5O3. The van der Waals surface area contributed by atoms with Crippen molar-refractivity contribution in [3.63, 3.8) is 0 Å². The van der Waals surface area contributed by atoms with Crippen LogP contribution in [0.5, 0.6) is 0 Å². The molecule has 0 unspecified atom stereocenters. The van der Waals surface area contributed by atoms with Gasteiger partial charge in [0.2, 0.25) is 5.91 Å². The normalized spacial score (nSPS) is 15.8. The highest BCUT2D eigenvalue weighted by Gasteiger charge is 2.34. The Balaban J connectivity index is 1.54. The molecule has 0 atom stereocenters. The van der Waals surface area contributed by atoms with Crippen molar-refractivity contribution >= 4 is 23.4 Å². The van der Waals surface area contributed by atoms with Gasteiger partial charge in [-0.1, -0.05) is 30.3 Å². The predicted molar refractivity (Wildman–Crippen MR) is 171 cm³/mol. The van der Waals surface area contributed by atoms with Gasteiger partial charge in [-0.25, -0.2) is 4.79 Å². The minimum absolute atomic E-state index is 0.00391. The van der Waals surface area contributed by atoms with E-state index in [-0.39, 0.29) is 43.7 Å². The second-order valence-corrected chi connectivity index (χ2v) is 13.5. The average molecular weight is 632 g/mol. The number of hydrogen-bond donors (Lipinski definition) is 1. The van der Waals surface area contributed by atoms with Gasteiger partial charge in [-0.15, -0.1) is 0 Å². The summed E-state index contributed by atoms with van der Waals surface area (Å²) >= 11 is 0. The molecule has 0 saturated heterocycles. The number of fused-ring (bicyclic) bond motifs is 1. The SMILES string of the molecule is CC(C)N(CCN(Cc1ccccc1C(F)(F)F)C(=O)CNc1cccc2c1N(C)CCN(CC1CC1)C2)C(=O)OC(C)(C)C. The van der Waals surface area contributed by atoms with E-state index in [0.29, 0.717) is 0 Å². The lowest BCUT2D eigenvalue weighted by molar-refractivity contribution is -0.139. The molecule has 0 spiro atoms. The minimum Gasteiger partial charge on any atom is -0.444 e. The van der Waals surface area contributed by atoms with Crippen LogP contribution in [0, 0.1) is 5.92 Å². The molecule has 45 heavy (non-hydrogen) atoms. The molecule has 1 saturated carbocycles. The number of halogens is 3. The van der Waals surface area contributed by atoms with Crippen LogP contribution in [0.4, 0.5) is 29.3 Å². The first-order valence-corrected chi connectivity index (χ1v) is 15.8. The van der Waals surface area contributed by atoms with Crippen LogP contribution in [0.15, 0.2) is 42.5 Å². The molecule has 0 radical (unpaired) electrons. The number of alkyl halides is 3. The number of likely N-dealkylation sites (N-methyl/N-ethyl adjacent to an activating group) is 1. The highest BCUT2D eigenvalue weighted by molar-refractivity contribution is 5.83. The van der Waals surface area contributed by atoms with E-state index < -0.39 is 23.4 Å². The second-order valence-electron chi connectivity index (χ2n) is 13.5. The monoisotopic (exact) mass is 631 g/mol. The quantitative estimate of drug-likeness (QED) is 0.308. The number of benzene rings is 2. The standard InChI is InChI=1S/C34H48F3N5O3/c1-24(2)42(32(44)45-33(3,4)5)19-18-41(23-26-10-7-8-12-28(26)34(35,36)37)30(43)20-38-29-13-9-11-27-22-40(21-25-14-15-25)17-16-39(6)31(27)29/h7-13,24-25,38H,14-23H2,1-6H3. The molecule has 1 N–H and O–H groups in total. The fourth-order valence-electron chi connectivity index (χ4n) is 5.68. The Hall–Kier alpha value is -3.47. The number of carbonyl (C=O) groups excluding carboxylic acids is 2. The third kappa shape index (κ3) is 9.76. The van der Waals surface area contributed by atoms with Gasteiger partial charge >= 0.3 is 12.3 Å². The summed E-state index contributed by atoms with van der Waals surface area (Å²) < 4.78 is 47.2. The first-order chi connectivity index (χ1) is 21.1. The number of nitrogens with zero attached hydrogens (tertiary/aromatic N) is 4. The van der Waals surface area contributed by atoms with E-state index in [2.05, 4.69) is 21.2 Å². The fraction of sp³-hybridized carbons (Fsp3) is 0.588. The van der Waals surface area contributed by atoms with Gasteiger partial charge < -0.3 is 24.8 Å². The Morgan fingerprint density at radius 2 is 1.73 bits per heavy atom. The first-order valence-electron chi connectivity index (χ1n) is 15.8. The molecule has 1 heterocycles. The maximum atomic E-state index is 13.9. The Morgan fingerprint density at radius 1 is 1.02 bits per heavy atom. The number of carbonyl (C=O) groups is 2. The van der Waals surface area contributed by atoms with Gasteiger partial charge in [0.05, 0.1) is 23.5 Å². The van der Waals surface area contributed by atoms with Crippen LogP contribution < -0.4 is 10.2 Å². The van der Waals surface area contributed by atoms with Crippen molar-refractivity contribution in [2.24, 2.45) is 5.92 Å². The molecule has 1 aliphatic heterocycles. The van der Waals surface area contributed by atoms with Crippen molar-refractivity contribution in [3.05, 3.63) is 59.2 Å². The first kappa shape index (κ1) is 34.4. The zero-order valence-electron chi connectivity index (χ0n) is 27.4. The molecule has 2 aromatic rings. The van der Waals surface area contributed by atoms with Crippen LogP contribution in [0.3, 0.4) is 0 Å². The molecule has 1 fully saturated rings. The molecule has 4 rings (SSSR count). The van der Waals surface area contributed by atoms with E-state index in [1.165, 1.54) is 46.4 Å². The number of anilines is 2. The molecule has 2 amide bonds. The lowest BCUT2D eigenvalue weighted by Gasteiger charge is -2.33. The van der Waals surface area contributed by atoms with Crippen molar-refractivity contribution < 1.29 is 27.5 Å². The predicted octanol–water partition coefficient (Wildman–Crippen LogP) is 6.45. The van der Waals surface area contributed by atoms with Gasteiger partial charge in [-0.05, 0) is 76.6 Å². The zero-order chi connectivity index (χ0) is 32.9. The number of para-hydroxylation sites is 1. The van der Waals surface area contributed by atoms with Gasteiger partial charge in [0.15, 0.2) is 0 Å². The van der Waals surface area contributed by atoms with Gasteiger partial charge in [0.1, 0.15) is 5.60 Å². The zero-order valence-corrected chi connectivity index (χ0v) is 27.4. The van der Waals surface area contributed by atoms with Crippen molar-refractivity contribution in [1.29, 1.82) is 0 Å².